The number of nitrogens with two attached hydrogens (primary N) is 1. The Morgan fingerprint density at radius 2 is 1.71 bits per heavy atom. The van der Waals surface area contributed by atoms with E-state index in [-0.39, 0.29) is 12.5 Å². The van der Waals surface area contributed by atoms with Gasteiger partial charge in [-0.2, -0.15) is 0 Å². The average Bonchev–Trinajstić information content (AvgIpc) is 2.48. The van der Waals surface area contributed by atoms with Crippen LogP contribution in [0.5, 0.6) is 5.75 Å². The van der Waals surface area contributed by atoms with Gasteiger partial charge in [0, 0.05) is 33.6 Å². The van der Waals surface area contributed by atoms with Crippen LogP contribution in [0.1, 0.15) is 23.1 Å². The first kappa shape index (κ1) is 16.1. The summed E-state index contributed by atoms with van der Waals surface area (Å²) in [6.45, 7) is 0.239. The predicted octanol–water partition coefficient (Wildman–Crippen LogP) is 3.78. The number of hydrogen-bond acceptors (Lipinski definition) is 3. The molecule has 0 aliphatic carbocycles. The summed E-state index contributed by atoms with van der Waals surface area (Å²) in [5.41, 5.74) is 7.18. The molecule has 21 heavy (non-hydrogen) atoms. The molecule has 0 aliphatic heterocycles. The molecule has 2 aromatic rings. The highest BCUT2D eigenvalue weighted by molar-refractivity contribution is 6.36. The highest BCUT2D eigenvalue weighted by Crippen LogP contribution is 2.40. The standard InChI is InChI=1S/C16H17Cl2NO2/c1-21-14-8-3-2-5-10(14)11(9-19)16(20)15-12(17)6-4-7-13(15)18/h2-8,11,16,20H,9,19H2,1H3. The molecule has 0 radical (unpaired) electrons. The second kappa shape index (κ2) is 7.14. The highest BCUT2D eigenvalue weighted by atomic mass is 35.5. The van der Waals surface area contributed by atoms with Gasteiger partial charge in [0.15, 0.2) is 0 Å². The van der Waals surface area contributed by atoms with Crippen LogP contribution in [-0.2, 0) is 0 Å². The number of rotatable bonds is 5. The Labute approximate surface area is 134 Å². The van der Waals surface area contributed by atoms with Crippen molar-refractivity contribution in [1.29, 1.82) is 0 Å². The smallest absolute Gasteiger partial charge is 0.122 e. The van der Waals surface area contributed by atoms with Crippen molar-refractivity contribution in [2.75, 3.05) is 13.7 Å². The lowest BCUT2D eigenvalue weighted by molar-refractivity contribution is 0.146. The molecular weight excluding hydrogens is 309 g/mol. The summed E-state index contributed by atoms with van der Waals surface area (Å²) in [4.78, 5) is 0. The van der Waals surface area contributed by atoms with E-state index in [1.807, 2.05) is 24.3 Å². The van der Waals surface area contributed by atoms with E-state index < -0.39 is 6.10 Å². The first-order valence-corrected chi connectivity index (χ1v) is 7.30. The van der Waals surface area contributed by atoms with Crippen LogP contribution in [-0.4, -0.2) is 18.8 Å². The van der Waals surface area contributed by atoms with Crippen molar-refractivity contribution in [3.63, 3.8) is 0 Å². The monoisotopic (exact) mass is 325 g/mol. The zero-order valence-electron chi connectivity index (χ0n) is 11.6. The van der Waals surface area contributed by atoms with Crippen molar-refractivity contribution in [1.82, 2.24) is 0 Å². The van der Waals surface area contributed by atoms with Crippen molar-refractivity contribution in [2.24, 2.45) is 5.73 Å². The van der Waals surface area contributed by atoms with Gasteiger partial charge >= 0.3 is 0 Å². The number of aliphatic hydroxyl groups excluding tert-OH is 1. The number of halogens is 2. The minimum atomic E-state index is -0.910. The van der Waals surface area contributed by atoms with Crippen LogP contribution in [0.15, 0.2) is 42.5 Å². The van der Waals surface area contributed by atoms with Gasteiger partial charge < -0.3 is 15.6 Å². The van der Waals surface area contributed by atoms with Crippen LogP contribution < -0.4 is 10.5 Å². The SMILES string of the molecule is COc1ccccc1C(CN)C(O)c1c(Cl)cccc1Cl. The van der Waals surface area contributed by atoms with E-state index in [0.717, 1.165) is 5.56 Å². The summed E-state index contributed by atoms with van der Waals surface area (Å²) in [5, 5.41) is 11.6. The molecule has 2 rings (SSSR count). The van der Waals surface area contributed by atoms with Crippen molar-refractivity contribution >= 4 is 23.2 Å². The Hall–Kier alpha value is -1.26. The molecule has 0 amide bonds. The number of aliphatic hydroxyl groups is 1. The van der Waals surface area contributed by atoms with Crippen molar-refractivity contribution in [3.8, 4) is 5.75 Å². The third-order valence-corrected chi connectivity index (χ3v) is 4.13. The molecule has 0 aromatic heterocycles. The summed E-state index contributed by atoms with van der Waals surface area (Å²) >= 11 is 12.3. The molecule has 0 fully saturated rings. The number of hydrogen-bond donors (Lipinski definition) is 2. The molecule has 0 heterocycles. The Balaban J connectivity index is 2.46. The Morgan fingerprint density at radius 1 is 1.10 bits per heavy atom. The average molecular weight is 326 g/mol. The van der Waals surface area contributed by atoms with Crippen LogP contribution in [0, 0.1) is 0 Å². The van der Waals surface area contributed by atoms with Gasteiger partial charge in [-0.3, -0.25) is 0 Å². The maximum atomic E-state index is 10.7. The second-order valence-electron chi connectivity index (χ2n) is 4.66. The highest BCUT2D eigenvalue weighted by Gasteiger charge is 2.27. The zero-order valence-corrected chi connectivity index (χ0v) is 13.1. The summed E-state index contributed by atoms with van der Waals surface area (Å²) in [6, 6.07) is 12.6. The van der Waals surface area contributed by atoms with Gasteiger partial charge in [-0.25, -0.2) is 0 Å². The van der Waals surface area contributed by atoms with Crippen molar-refractivity contribution < 1.29 is 9.84 Å². The summed E-state index contributed by atoms with van der Waals surface area (Å²) in [5.74, 6) is 0.314. The first-order chi connectivity index (χ1) is 10.1. The normalized spacial score (nSPS) is 13.8. The van der Waals surface area contributed by atoms with Gasteiger partial charge in [-0.15, -0.1) is 0 Å². The maximum absolute atomic E-state index is 10.7. The van der Waals surface area contributed by atoms with E-state index >= 15 is 0 Å². The minimum absolute atomic E-state index is 0.239. The third kappa shape index (κ3) is 3.33. The van der Waals surface area contributed by atoms with E-state index in [1.165, 1.54) is 0 Å². The van der Waals surface area contributed by atoms with Crippen LogP contribution >= 0.6 is 23.2 Å². The van der Waals surface area contributed by atoms with Gasteiger partial charge in [0.25, 0.3) is 0 Å². The largest absolute Gasteiger partial charge is 0.496 e. The molecule has 0 saturated heterocycles. The van der Waals surface area contributed by atoms with Crippen LogP contribution in [0.2, 0.25) is 10.0 Å². The van der Waals surface area contributed by atoms with Crippen LogP contribution in [0.25, 0.3) is 0 Å². The number of para-hydroxylation sites is 1. The molecule has 0 bridgehead atoms. The molecule has 3 N–H and O–H groups in total. The second-order valence-corrected chi connectivity index (χ2v) is 5.48. The quantitative estimate of drug-likeness (QED) is 0.879. The summed E-state index contributed by atoms with van der Waals surface area (Å²) < 4.78 is 5.34. The lowest BCUT2D eigenvalue weighted by atomic mass is 9.88. The fraction of sp³-hybridized carbons (Fsp3) is 0.250. The molecule has 0 saturated carbocycles. The van der Waals surface area contributed by atoms with Crippen molar-refractivity contribution in [3.05, 3.63) is 63.6 Å². The van der Waals surface area contributed by atoms with Gasteiger partial charge in [-0.1, -0.05) is 47.5 Å². The Kier molecular flexibility index (Phi) is 5.48. The predicted molar refractivity (Wildman–Crippen MR) is 86.2 cm³/mol. The lowest BCUT2D eigenvalue weighted by Crippen LogP contribution is -2.21. The van der Waals surface area contributed by atoms with E-state index in [9.17, 15) is 5.11 Å². The van der Waals surface area contributed by atoms with Gasteiger partial charge in [-0.05, 0) is 18.2 Å². The summed E-state index contributed by atoms with van der Waals surface area (Å²) in [7, 11) is 1.58. The van der Waals surface area contributed by atoms with Gasteiger partial charge in [0.2, 0.25) is 0 Å². The third-order valence-electron chi connectivity index (χ3n) is 3.47. The Morgan fingerprint density at radius 3 is 2.29 bits per heavy atom. The van der Waals surface area contributed by atoms with Crippen molar-refractivity contribution in [2.45, 2.75) is 12.0 Å². The fourth-order valence-corrected chi connectivity index (χ4v) is 3.01. The van der Waals surface area contributed by atoms with Gasteiger partial charge in [0.05, 0.1) is 13.2 Å². The van der Waals surface area contributed by atoms with E-state index in [4.69, 9.17) is 33.7 Å². The number of ether oxygens (including phenoxy) is 1. The van der Waals surface area contributed by atoms with Crippen LogP contribution in [0.3, 0.4) is 0 Å². The van der Waals surface area contributed by atoms with E-state index in [0.29, 0.717) is 21.4 Å². The Bertz CT molecular complexity index is 599. The minimum Gasteiger partial charge on any atom is -0.496 e. The maximum Gasteiger partial charge on any atom is 0.122 e. The van der Waals surface area contributed by atoms with E-state index in [2.05, 4.69) is 0 Å². The zero-order chi connectivity index (χ0) is 15.4. The summed E-state index contributed by atoms with van der Waals surface area (Å²) in [6.07, 6.45) is -0.910. The number of benzene rings is 2. The molecule has 3 nitrogen and oxygen atoms in total. The fourth-order valence-electron chi connectivity index (χ4n) is 2.39. The molecule has 0 aliphatic rings. The molecule has 0 spiro atoms. The van der Waals surface area contributed by atoms with Crippen LogP contribution in [0.4, 0.5) is 0 Å². The molecule has 2 atom stereocenters. The van der Waals surface area contributed by atoms with E-state index in [1.54, 1.807) is 25.3 Å². The van der Waals surface area contributed by atoms with Gasteiger partial charge in [0.1, 0.15) is 5.75 Å². The number of methoxy groups -OCH3 is 1. The lowest BCUT2D eigenvalue weighted by Gasteiger charge is -2.25. The topological polar surface area (TPSA) is 55.5 Å². The molecule has 2 aromatic carbocycles. The molecule has 2 unspecified atom stereocenters. The molecule has 112 valence electrons. The first-order valence-electron chi connectivity index (χ1n) is 6.55. The molecule has 5 heteroatoms. The molecular formula is C16H17Cl2NO2.